The van der Waals surface area contributed by atoms with Gasteiger partial charge >= 0.3 is 0 Å². The summed E-state index contributed by atoms with van der Waals surface area (Å²) < 4.78 is 11.7. The fraction of sp³-hybridized carbons (Fsp3) is 0.778. The number of halogens is 1. The first-order chi connectivity index (χ1) is 4.83. The topological polar surface area (TPSA) is 0 Å². The molecule has 0 atom stereocenters. The van der Waals surface area contributed by atoms with E-state index in [1.54, 1.807) is 6.08 Å². The second kappa shape index (κ2) is 3.75. The highest BCUT2D eigenvalue weighted by Crippen LogP contribution is 2.28. The van der Waals surface area contributed by atoms with Gasteiger partial charge < -0.3 is 0 Å². The lowest BCUT2D eigenvalue weighted by Gasteiger charge is -2.22. The zero-order chi connectivity index (χ0) is 7.40. The Morgan fingerprint density at radius 3 is 2.30 bits per heavy atom. The van der Waals surface area contributed by atoms with E-state index in [1.165, 1.54) is 25.7 Å². The van der Waals surface area contributed by atoms with Crippen LogP contribution in [0.3, 0.4) is 0 Å². The molecule has 1 aliphatic rings. The third-order valence-corrected chi connectivity index (χ3v) is 2.41. The minimum atomic E-state index is 0.529. The average molecular weight is 142 g/mol. The summed E-state index contributed by atoms with van der Waals surface area (Å²) in [4.78, 5) is 0. The SMILES string of the molecule is CC1CCC(/C=C/F)CC1. The quantitative estimate of drug-likeness (QED) is 0.527. The van der Waals surface area contributed by atoms with Gasteiger partial charge in [0.15, 0.2) is 0 Å². The smallest absolute Gasteiger partial charge is 0.0829 e. The molecule has 0 bridgehead atoms. The molecule has 0 nitrogen and oxygen atoms in total. The zero-order valence-corrected chi connectivity index (χ0v) is 6.52. The van der Waals surface area contributed by atoms with Crippen LogP contribution in [0.15, 0.2) is 12.4 Å². The van der Waals surface area contributed by atoms with Gasteiger partial charge in [-0.1, -0.05) is 25.8 Å². The molecule has 58 valence electrons. The van der Waals surface area contributed by atoms with Crippen LogP contribution in [0.4, 0.5) is 4.39 Å². The van der Waals surface area contributed by atoms with Crippen LogP contribution in [0, 0.1) is 11.8 Å². The molecule has 1 aliphatic carbocycles. The molecule has 0 amide bonds. The molecular formula is C9H15F. The Labute approximate surface area is 62.1 Å². The van der Waals surface area contributed by atoms with Crippen molar-refractivity contribution in [1.82, 2.24) is 0 Å². The van der Waals surface area contributed by atoms with E-state index in [2.05, 4.69) is 6.92 Å². The van der Waals surface area contributed by atoms with Crippen molar-refractivity contribution in [2.24, 2.45) is 11.8 Å². The van der Waals surface area contributed by atoms with Crippen molar-refractivity contribution in [3.05, 3.63) is 12.4 Å². The van der Waals surface area contributed by atoms with Crippen LogP contribution in [0.25, 0.3) is 0 Å². The normalized spacial score (nSPS) is 35.0. The third kappa shape index (κ3) is 2.13. The lowest BCUT2D eigenvalue weighted by Crippen LogP contribution is -2.09. The molecule has 0 aromatic rings. The number of rotatable bonds is 1. The van der Waals surface area contributed by atoms with Crippen molar-refractivity contribution in [3.63, 3.8) is 0 Å². The van der Waals surface area contributed by atoms with Gasteiger partial charge in [0.25, 0.3) is 0 Å². The van der Waals surface area contributed by atoms with E-state index in [4.69, 9.17) is 0 Å². The van der Waals surface area contributed by atoms with Gasteiger partial charge in [0.1, 0.15) is 0 Å². The van der Waals surface area contributed by atoms with Crippen molar-refractivity contribution < 1.29 is 4.39 Å². The van der Waals surface area contributed by atoms with Crippen LogP contribution in [0.2, 0.25) is 0 Å². The lowest BCUT2D eigenvalue weighted by molar-refractivity contribution is 0.329. The minimum absolute atomic E-state index is 0.529. The van der Waals surface area contributed by atoms with Crippen molar-refractivity contribution in [2.75, 3.05) is 0 Å². The van der Waals surface area contributed by atoms with E-state index < -0.39 is 0 Å². The Balaban J connectivity index is 2.26. The first kappa shape index (κ1) is 7.77. The van der Waals surface area contributed by atoms with Gasteiger partial charge in [0, 0.05) is 0 Å². The molecular weight excluding hydrogens is 127 g/mol. The Morgan fingerprint density at radius 1 is 1.20 bits per heavy atom. The summed E-state index contributed by atoms with van der Waals surface area (Å²) >= 11 is 0. The van der Waals surface area contributed by atoms with Crippen molar-refractivity contribution >= 4 is 0 Å². The van der Waals surface area contributed by atoms with Crippen LogP contribution in [-0.4, -0.2) is 0 Å². The van der Waals surface area contributed by atoms with Crippen molar-refractivity contribution in [1.29, 1.82) is 0 Å². The first-order valence-electron chi connectivity index (χ1n) is 4.10. The Bertz CT molecular complexity index is 110. The summed E-state index contributed by atoms with van der Waals surface area (Å²) in [6.07, 6.45) is 7.31. The maximum absolute atomic E-state index is 11.7. The second-order valence-electron chi connectivity index (χ2n) is 3.34. The molecule has 0 spiro atoms. The zero-order valence-electron chi connectivity index (χ0n) is 6.52. The molecule has 1 fully saturated rings. The summed E-state index contributed by atoms with van der Waals surface area (Å²) in [5.41, 5.74) is 0. The predicted octanol–water partition coefficient (Wildman–Crippen LogP) is 3.30. The molecule has 10 heavy (non-hydrogen) atoms. The largest absolute Gasteiger partial charge is 0.216 e. The summed E-state index contributed by atoms with van der Waals surface area (Å²) in [7, 11) is 0. The van der Waals surface area contributed by atoms with Gasteiger partial charge in [-0.05, 0) is 24.7 Å². The molecule has 1 heteroatoms. The highest BCUT2D eigenvalue weighted by atomic mass is 19.1. The molecule has 0 heterocycles. The Kier molecular flexibility index (Phi) is 2.91. The maximum Gasteiger partial charge on any atom is 0.0829 e. The standard InChI is InChI=1S/C9H15F/c1-8-2-4-9(5-3-8)6-7-10/h6-9H,2-5H2,1H3/b7-6+. The number of hydrogen-bond donors (Lipinski definition) is 0. The molecule has 1 rings (SSSR count). The average Bonchev–Trinajstić information content (AvgIpc) is 1.95. The van der Waals surface area contributed by atoms with Crippen LogP contribution < -0.4 is 0 Å². The lowest BCUT2D eigenvalue weighted by atomic mass is 9.83. The molecule has 0 saturated heterocycles. The fourth-order valence-corrected chi connectivity index (χ4v) is 1.58. The van der Waals surface area contributed by atoms with Gasteiger partial charge in [-0.3, -0.25) is 0 Å². The minimum Gasteiger partial charge on any atom is -0.216 e. The number of allylic oxidation sites excluding steroid dienone is 1. The monoisotopic (exact) mass is 142 g/mol. The highest BCUT2D eigenvalue weighted by molar-refractivity contribution is 4.85. The summed E-state index contributed by atoms with van der Waals surface area (Å²) in [5, 5.41) is 0. The predicted molar refractivity (Wildman–Crippen MR) is 41.4 cm³/mol. The molecule has 0 radical (unpaired) electrons. The van der Waals surface area contributed by atoms with Crippen LogP contribution >= 0.6 is 0 Å². The molecule has 0 unspecified atom stereocenters. The van der Waals surface area contributed by atoms with Gasteiger partial charge in [-0.15, -0.1) is 0 Å². The third-order valence-electron chi connectivity index (χ3n) is 2.41. The van der Waals surface area contributed by atoms with Gasteiger partial charge in [-0.25, -0.2) is 4.39 Å². The molecule has 0 aromatic heterocycles. The van der Waals surface area contributed by atoms with Crippen LogP contribution in [0.1, 0.15) is 32.6 Å². The number of hydrogen-bond acceptors (Lipinski definition) is 0. The van der Waals surface area contributed by atoms with Gasteiger partial charge in [0.05, 0.1) is 6.33 Å². The molecule has 0 aliphatic heterocycles. The summed E-state index contributed by atoms with van der Waals surface area (Å²) in [5.74, 6) is 1.39. The van der Waals surface area contributed by atoms with Crippen LogP contribution in [0.5, 0.6) is 0 Å². The fourth-order valence-electron chi connectivity index (χ4n) is 1.58. The van der Waals surface area contributed by atoms with E-state index in [0.717, 1.165) is 5.92 Å². The van der Waals surface area contributed by atoms with Crippen LogP contribution in [-0.2, 0) is 0 Å². The van der Waals surface area contributed by atoms with E-state index in [1.807, 2.05) is 0 Å². The van der Waals surface area contributed by atoms with E-state index in [9.17, 15) is 4.39 Å². The summed E-state index contributed by atoms with van der Waals surface area (Å²) in [6, 6.07) is 0. The molecule has 0 aromatic carbocycles. The Hall–Kier alpha value is -0.330. The van der Waals surface area contributed by atoms with Crippen molar-refractivity contribution in [2.45, 2.75) is 32.6 Å². The maximum atomic E-state index is 11.7. The second-order valence-corrected chi connectivity index (χ2v) is 3.34. The van der Waals surface area contributed by atoms with Crippen molar-refractivity contribution in [3.8, 4) is 0 Å². The molecule has 0 N–H and O–H groups in total. The summed E-state index contributed by atoms with van der Waals surface area (Å²) in [6.45, 7) is 2.27. The van der Waals surface area contributed by atoms with E-state index in [-0.39, 0.29) is 0 Å². The Morgan fingerprint density at radius 2 is 1.80 bits per heavy atom. The van der Waals surface area contributed by atoms with Gasteiger partial charge in [-0.2, -0.15) is 0 Å². The van der Waals surface area contributed by atoms with Gasteiger partial charge in [0.2, 0.25) is 0 Å². The van der Waals surface area contributed by atoms with E-state index in [0.29, 0.717) is 12.2 Å². The van der Waals surface area contributed by atoms with E-state index >= 15 is 0 Å². The molecule has 1 saturated carbocycles. The first-order valence-corrected chi connectivity index (χ1v) is 4.10. The highest BCUT2D eigenvalue weighted by Gasteiger charge is 2.15.